The SMILES string of the molecule is Cc1cc(S(=O)(=O)O)c(CN)c(S(=O)(=O)O)c1. The normalized spacial score (nSPS) is 12.7. The minimum atomic E-state index is -4.61. The van der Waals surface area contributed by atoms with Crippen molar-refractivity contribution in [2.75, 3.05) is 0 Å². The van der Waals surface area contributed by atoms with Crippen molar-refractivity contribution in [3.63, 3.8) is 0 Å². The predicted octanol–water partition coefficient (Wildman–Crippen LogP) is -0.0529. The maximum atomic E-state index is 11.1. The molecule has 1 aromatic carbocycles. The third-order valence-corrected chi connectivity index (χ3v) is 3.91. The molecule has 0 amide bonds. The number of benzene rings is 1. The van der Waals surface area contributed by atoms with Crippen LogP contribution in [0.25, 0.3) is 0 Å². The highest BCUT2D eigenvalue weighted by Gasteiger charge is 2.24. The molecular formula is C8H11NO6S2. The lowest BCUT2D eigenvalue weighted by Gasteiger charge is -2.10. The number of hydrogen-bond acceptors (Lipinski definition) is 5. The maximum Gasteiger partial charge on any atom is 0.294 e. The van der Waals surface area contributed by atoms with Crippen LogP contribution in [-0.2, 0) is 26.8 Å². The molecule has 0 bridgehead atoms. The second-order valence-corrected chi connectivity index (χ2v) is 6.17. The van der Waals surface area contributed by atoms with Gasteiger partial charge in [-0.15, -0.1) is 0 Å². The van der Waals surface area contributed by atoms with Gasteiger partial charge in [0, 0.05) is 12.1 Å². The van der Waals surface area contributed by atoms with Crippen LogP contribution >= 0.6 is 0 Å². The van der Waals surface area contributed by atoms with Gasteiger partial charge in [0.15, 0.2) is 0 Å². The van der Waals surface area contributed by atoms with Crippen LogP contribution in [0.3, 0.4) is 0 Å². The second kappa shape index (κ2) is 4.35. The minimum Gasteiger partial charge on any atom is -0.326 e. The quantitative estimate of drug-likeness (QED) is 0.661. The van der Waals surface area contributed by atoms with Gasteiger partial charge in [0.05, 0.1) is 9.79 Å². The van der Waals surface area contributed by atoms with E-state index in [9.17, 15) is 16.8 Å². The highest BCUT2D eigenvalue weighted by molar-refractivity contribution is 7.86. The Morgan fingerprint density at radius 1 is 1.06 bits per heavy atom. The molecule has 0 aliphatic carbocycles. The van der Waals surface area contributed by atoms with Crippen LogP contribution in [-0.4, -0.2) is 25.9 Å². The van der Waals surface area contributed by atoms with Crippen LogP contribution in [0, 0.1) is 6.92 Å². The lowest BCUT2D eigenvalue weighted by molar-refractivity contribution is 0.478. The van der Waals surface area contributed by atoms with Gasteiger partial charge < -0.3 is 5.73 Å². The van der Waals surface area contributed by atoms with Crippen molar-refractivity contribution in [1.82, 2.24) is 0 Å². The zero-order chi connectivity index (χ0) is 13.4. The molecule has 17 heavy (non-hydrogen) atoms. The van der Waals surface area contributed by atoms with Gasteiger partial charge in [0.2, 0.25) is 0 Å². The van der Waals surface area contributed by atoms with Gasteiger partial charge in [0.1, 0.15) is 0 Å². The van der Waals surface area contributed by atoms with Crippen molar-refractivity contribution < 1.29 is 25.9 Å². The molecule has 9 heteroatoms. The third kappa shape index (κ3) is 3.01. The van der Waals surface area contributed by atoms with E-state index in [-0.39, 0.29) is 11.1 Å². The van der Waals surface area contributed by atoms with Gasteiger partial charge >= 0.3 is 0 Å². The molecule has 0 aliphatic rings. The van der Waals surface area contributed by atoms with Crippen molar-refractivity contribution in [2.24, 2.45) is 5.73 Å². The molecule has 96 valence electrons. The second-order valence-electron chi connectivity index (χ2n) is 3.39. The van der Waals surface area contributed by atoms with E-state index in [0.29, 0.717) is 0 Å². The molecule has 0 unspecified atom stereocenters. The Morgan fingerprint density at radius 2 is 1.41 bits per heavy atom. The number of nitrogens with two attached hydrogens (primary N) is 1. The summed E-state index contributed by atoms with van der Waals surface area (Å²) in [6.45, 7) is 0.966. The predicted molar refractivity (Wildman–Crippen MR) is 58.7 cm³/mol. The Balaban J connectivity index is 3.83. The Kier molecular flexibility index (Phi) is 3.60. The van der Waals surface area contributed by atoms with E-state index in [0.717, 1.165) is 12.1 Å². The highest BCUT2D eigenvalue weighted by atomic mass is 32.2. The molecule has 4 N–H and O–H groups in total. The van der Waals surface area contributed by atoms with E-state index in [1.165, 1.54) is 6.92 Å². The monoisotopic (exact) mass is 281 g/mol. The number of aryl methyl sites for hydroxylation is 1. The van der Waals surface area contributed by atoms with E-state index >= 15 is 0 Å². The van der Waals surface area contributed by atoms with E-state index < -0.39 is 36.6 Å². The molecule has 0 fully saturated rings. The van der Waals surface area contributed by atoms with Crippen molar-refractivity contribution in [3.05, 3.63) is 23.3 Å². The topological polar surface area (TPSA) is 135 Å². The van der Waals surface area contributed by atoms with E-state index in [2.05, 4.69) is 0 Å². The van der Waals surface area contributed by atoms with E-state index in [1.54, 1.807) is 0 Å². The fourth-order valence-electron chi connectivity index (χ4n) is 1.41. The van der Waals surface area contributed by atoms with Crippen LogP contribution in [0.15, 0.2) is 21.9 Å². The molecule has 0 saturated heterocycles. The number of rotatable bonds is 3. The molecular weight excluding hydrogens is 270 g/mol. The molecule has 0 saturated carbocycles. The maximum absolute atomic E-state index is 11.1. The summed E-state index contributed by atoms with van der Waals surface area (Å²) in [6.07, 6.45) is 0. The number of hydrogen-bond donors (Lipinski definition) is 3. The van der Waals surface area contributed by atoms with E-state index in [1.807, 2.05) is 0 Å². The fourth-order valence-corrected chi connectivity index (χ4v) is 3.16. The van der Waals surface area contributed by atoms with Crippen LogP contribution in [0.5, 0.6) is 0 Å². The van der Waals surface area contributed by atoms with Crippen LogP contribution in [0.4, 0.5) is 0 Å². The van der Waals surface area contributed by atoms with Crippen molar-refractivity contribution in [1.29, 1.82) is 0 Å². The molecule has 0 radical (unpaired) electrons. The van der Waals surface area contributed by atoms with Crippen molar-refractivity contribution in [3.8, 4) is 0 Å². The lowest BCUT2D eigenvalue weighted by Crippen LogP contribution is -2.13. The highest BCUT2D eigenvalue weighted by Crippen LogP contribution is 2.25. The summed E-state index contributed by atoms with van der Waals surface area (Å²) < 4.78 is 62.2. The molecule has 1 aromatic rings. The first kappa shape index (κ1) is 14.1. The van der Waals surface area contributed by atoms with Crippen LogP contribution in [0.1, 0.15) is 11.1 Å². The zero-order valence-corrected chi connectivity index (χ0v) is 10.4. The van der Waals surface area contributed by atoms with Gasteiger partial charge in [-0.25, -0.2) is 0 Å². The van der Waals surface area contributed by atoms with Gasteiger partial charge in [-0.3, -0.25) is 9.11 Å². The van der Waals surface area contributed by atoms with Gasteiger partial charge in [0.25, 0.3) is 20.2 Å². The summed E-state index contributed by atoms with van der Waals surface area (Å²) in [7, 11) is -9.21. The molecule has 1 rings (SSSR count). The summed E-state index contributed by atoms with van der Waals surface area (Å²) in [5.41, 5.74) is 5.15. The van der Waals surface area contributed by atoms with Crippen LogP contribution in [0.2, 0.25) is 0 Å². The molecule has 7 nitrogen and oxygen atoms in total. The first-order valence-corrected chi connectivity index (χ1v) is 7.24. The Hall–Kier alpha value is -1.00. The van der Waals surface area contributed by atoms with Crippen LogP contribution < -0.4 is 5.73 Å². The summed E-state index contributed by atoms with van der Waals surface area (Å²) >= 11 is 0. The Labute approximate surface area is 98.8 Å². The summed E-state index contributed by atoms with van der Waals surface area (Å²) in [6, 6.07) is 2.15. The van der Waals surface area contributed by atoms with Gasteiger partial charge in [-0.2, -0.15) is 16.8 Å². The minimum absolute atomic E-state index is 0.252. The lowest BCUT2D eigenvalue weighted by atomic mass is 10.1. The third-order valence-electron chi connectivity index (χ3n) is 2.07. The van der Waals surface area contributed by atoms with Crippen molar-refractivity contribution >= 4 is 20.2 Å². The first-order valence-electron chi connectivity index (χ1n) is 4.36. The molecule has 0 heterocycles. The van der Waals surface area contributed by atoms with Gasteiger partial charge in [-0.1, -0.05) is 0 Å². The summed E-state index contributed by atoms with van der Waals surface area (Å²) in [5, 5.41) is 0. The van der Waals surface area contributed by atoms with Crippen molar-refractivity contribution in [2.45, 2.75) is 23.3 Å². The largest absolute Gasteiger partial charge is 0.326 e. The average molecular weight is 281 g/mol. The first-order chi connectivity index (χ1) is 7.57. The van der Waals surface area contributed by atoms with Gasteiger partial charge in [-0.05, 0) is 24.6 Å². The smallest absolute Gasteiger partial charge is 0.294 e. The average Bonchev–Trinajstić information content (AvgIpc) is 2.13. The zero-order valence-electron chi connectivity index (χ0n) is 8.78. The summed E-state index contributed by atoms with van der Waals surface area (Å²) in [5.74, 6) is 0. The molecule has 0 aromatic heterocycles. The standard InChI is InChI=1S/C8H11NO6S2/c1-5-2-7(16(10,11)12)6(4-9)8(3-5)17(13,14)15/h2-3H,4,9H2,1H3,(H,10,11,12)(H,13,14,15). The summed E-state index contributed by atoms with van der Waals surface area (Å²) in [4.78, 5) is -1.24. The molecule has 0 spiro atoms. The fraction of sp³-hybridized carbons (Fsp3) is 0.250. The Bertz CT molecular complexity index is 594. The van der Waals surface area contributed by atoms with E-state index in [4.69, 9.17) is 14.8 Å². The molecule has 0 atom stereocenters. The molecule has 0 aliphatic heterocycles. The Morgan fingerprint density at radius 3 is 1.65 bits per heavy atom.